The predicted octanol–water partition coefficient (Wildman–Crippen LogP) is 4.00. The number of esters is 1. The first-order valence-corrected chi connectivity index (χ1v) is 11.6. The van der Waals surface area contributed by atoms with Crippen molar-refractivity contribution in [2.45, 2.75) is 25.7 Å². The fourth-order valence-corrected chi connectivity index (χ4v) is 3.91. The lowest BCUT2D eigenvalue weighted by Gasteiger charge is -2.26. The largest absolute Gasteiger partial charge is 0.459 e. The SMILES string of the molecule is COP(=O)(CCC(C(=O)OCc1ccccc1)N(C=O)OCc1ccc([N+](=O)[O-])cc1)OCl. The third-order valence-electron chi connectivity index (χ3n) is 4.49. The minimum Gasteiger partial charge on any atom is -0.459 e. The molecule has 0 saturated carbocycles. The maximum absolute atomic E-state index is 12.8. The minimum absolute atomic E-state index is 0.0564. The van der Waals surface area contributed by atoms with Crippen LogP contribution >= 0.6 is 19.5 Å². The maximum Gasteiger partial charge on any atom is 0.346 e. The minimum atomic E-state index is -3.70. The van der Waals surface area contributed by atoms with E-state index in [4.69, 9.17) is 26.0 Å². The van der Waals surface area contributed by atoms with Crippen LogP contribution in [-0.4, -0.2) is 41.7 Å². The molecule has 0 spiro atoms. The number of hydrogen-bond donors (Lipinski definition) is 0. The van der Waals surface area contributed by atoms with Crippen molar-refractivity contribution in [2.24, 2.45) is 0 Å². The Kier molecular flexibility index (Phi) is 10.4. The summed E-state index contributed by atoms with van der Waals surface area (Å²) >= 11 is 5.24. The molecule has 0 aliphatic heterocycles. The Bertz CT molecular complexity index is 967. The van der Waals surface area contributed by atoms with E-state index in [0.717, 1.165) is 17.7 Å². The topological polar surface area (TPSA) is 135 Å². The second kappa shape index (κ2) is 13.0. The van der Waals surface area contributed by atoms with Crippen LogP contribution in [0.25, 0.3) is 0 Å². The molecule has 0 aliphatic rings. The molecule has 0 N–H and O–H groups in total. The molecule has 0 aliphatic carbocycles. The van der Waals surface area contributed by atoms with E-state index in [9.17, 15) is 24.3 Å². The van der Waals surface area contributed by atoms with Crippen molar-refractivity contribution in [3.05, 3.63) is 75.8 Å². The van der Waals surface area contributed by atoms with E-state index in [-0.39, 0.29) is 37.9 Å². The van der Waals surface area contributed by atoms with Crippen molar-refractivity contribution in [3.63, 3.8) is 0 Å². The fourth-order valence-electron chi connectivity index (χ4n) is 2.67. The van der Waals surface area contributed by atoms with Crippen LogP contribution in [0.2, 0.25) is 0 Å². The fraction of sp³-hybridized carbons (Fsp3) is 0.300. The molecule has 0 fully saturated rings. The van der Waals surface area contributed by atoms with Crippen LogP contribution < -0.4 is 0 Å². The number of benzene rings is 2. The van der Waals surface area contributed by atoms with Gasteiger partial charge in [0.15, 0.2) is 6.04 Å². The van der Waals surface area contributed by atoms with Gasteiger partial charge < -0.3 is 9.26 Å². The summed E-state index contributed by atoms with van der Waals surface area (Å²) in [6, 6.07) is 13.0. The van der Waals surface area contributed by atoms with Gasteiger partial charge in [0, 0.05) is 19.2 Å². The predicted molar refractivity (Wildman–Crippen MR) is 117 cm³/mol. The summed E-state index contributed by atoms with van der Waals surface area (Å²) in [5.41, 5.74) is 1.13. The van der Waals surface area contributed by atoms with Crippen molar-refractivity contribution in [2.75, 3.05) is 13.3 Å². The monoisotopic (exact) mass is 500 g/mol. The lowest BCUT2D eigenvalue weighted by molar-refractivity contribution is -0.384. The highest BCUT2D eigenvalue weighted by Gasteiger charge is 2.33. The van der Waals surface area contributed by atoms with Gasteiger partial charge in [0.25, 0.3) is 5.69 Å². The number of amides is 1. The van der Waals surface area contributed by atoms with Gasteiger partial charge in [0.2, 0.25) is 6.41 Å². The van der Waals surface area contributed by atoms with Crippen LogP contribution in [0.4, 0.5) is 5.69 Å². The molecule has 0 aromatic heterocycles. The van der Waals surface area contributed by atoms with Crippen LogP contribution in [0.5, 0.6) is 0 Å². The van der Waals surface area contributed by atoms with Crippen molar-refractivity contribution >= 4 is 37.5 Å². The summed E-state index contributed by atoms with van der Waals surface area (Å²) in [5, 5.41) is 11.5. The Labute approximate surface area is 194 Å². The normalized spacial score (nSPS) is 13.5. The molecule has 0 saturated heterocycles. The zero-order valence-electron chi connectivity index (χ0n) is 17.6. The number of halogens is 1. The molecule has 0 heterocycles. The molecule has 2 aromatic carbocycles. The van der Waals surface area contributed by atoms with E-state index in [1.165, 1.54) is 24.3 Å². The highest BCUT2D eigenvalue weighted by atomic mass is 35.5. The van der Waals surface area contributed by atoms with Crippen LogP contribution in [0.3, 0.4) is 0 Å². The van der Waals surface area contributed by atoms with Crippen LogP contribution in [0.1, 0.15) is 17.5 Å². The molecule has 0 bridgehead atoms. The first kappa shape index (κ1) is 26.4. The van der Waals surface area contributed by atoms with E-state index < -0.39 is 24.5 Å². The first-order valence-electron chi connectivity index (χ1n) is 9.57. The molecule has 178 valence electrons. The molecule has 11 nitrogen and oxygen atoms in total. The number of carbonyl (C=O) groups excluding carboxylic acids is 2. The van der Waals surface area contributed by atoms with Crippen LogP contribution in [-0.2, 0) is 45.5 Å². The number of rotatable bonds is 14. The van der Waals surface area contributed by atoms with Gasteiger partial charge in [-0.2, -0.15) is 4.08 Å². The number of nitro groups is 1. The summed E-state index contributed by atoms with van der Waals surface area (Å²) < 4.78 is 26.7. The number of nitro benzene ring substituents is 1. The highest BCUT2D eigenvalue weighted by Crippen LogP contribution is 2.49. The lowest BCUT2D eigenvalue weighted by Crippen LogP contribution is -2.42. The van der Waals surface area contributed by atoms with Crippen LogP contribution in [0, 0.1) is 10.1 Å². The van der Waals surface area contributed by atoms with E-state index in [2.05, 4.69) is 4.08 Å². The number of carbonyl (C=O) groups is 2. The third-order valence-corrected chi connectivity index (χ3v) is 6.70. The molecule has 2 unspecified atom stereocenters. The molecule has 2 aromatic rings. The summed E-state index contributed by atoms with van der Waals surface area (Å²) in [7, 11) is -2.56. The summed E-state index contributed by atoms with van der Waals surface area (Å²) in [6.45, 7) is -0.230. The lowest BCUT2D eigenvalue weighted by atomic mass is 10.2. The number of nitrogens with zero attached hydrogens (tertiary/aromatic N) is 2. The molecule has 33 heavy (non-hydrogen) atoms. The maximum atomic E-state index is 12.8. The Morgan fingerprint density at radius 1 is 1.15 bits per heavy atom. The number of hydrogen-bond acceptors (Lipinski definition) is 9. The zero-order valence-corrected chi connectivity index (χ0v) is 19.2. The second-order valence-corrected chi connectivity index (χ2v) is 9.23. The average molecular weight is 501 g/mol. The standard InChI is InChI=1S/C20H22ClN2O9P/c1-29-33(28,32-21)12-11-19(20(25)30-13-16-5-3-2-4-6-16)22(15-24)31-14-17-7-9-18(10-8-17)23(26)27/h2-10,15,19H,11-14H2,1H3. The van der Waals surface area contributed by atoms with Crippen molar-refractivity contribution < 1.29 is 37.3 Å². The van der Waals surface area contributed by atoms with Crippen molar-refractivity contribution in [3.8, 4) is 0 Å². The molecular weight excluding hydrogens is 479 g/mol. The quantitative estimate of drug-likeness (QED) is 0.124. The van der Waals surface area contributed by atoms with Gasteiger partial charge in [0.05, 0.1) is 23.0 Å². The van der Waals surface area contributed by atoms with Gasteiger partial charge in [-0.25, -0.2) is 9.86 Å². The molecule has 2 atom stereocenters. The van der Waals surface area contributed by atoms with E-state index in [1.807, 2.05) is 6.07 Å². The average Bonchev–Trinajstić information content (AvgIpc) is 2.85. The third kappa shape index (κ3) is 8.23. The number of non-ortho nitro benzene ring substituents is 1. The zero-order chi connectivity index (χ0) is 24.3. The van der Waals surface area contributed by atoms with Gasteiger partial charge in [-0.15, -0.1) is 0 Å². The van der Waals surface area contributed by atoms with E-state index in [1.54, 1.807) is 24.3 Å². The molecule has 13 heteroatoms. The summed E-state index contributed by atoms with van der Waals surface area (Å²) in [5.74, 6) is -0.813. The summed E-state index contributed by atoms with van der Waals surface area (Å²) in [6.07, 6.45) is -0.229. The Balaban J connectivity index is 2.11. The Morgan fingerprint density at radius 2 is 1.79 bits per heavy atom. The molecule has 1 amide bonds. The number of hydroxylamine groups is 2. The van der Waals surface area contributed by atoms with Gasteiger partial charge in [0.1, 0.15) is 13.2 Å². The number of ether oxygens (including phenoxy) is 1. The molecular formula is C20H22ClN2O9P. The van der Waals surface area contributed by atoms with Crippen molar-refractivity contribution in [1.82, 2.24) is 5.06 Å². The highest BCUT2D eigenvalue weighted by molar-refractivity contribution is 7.54. The van der Waals surface area contributed by atoms with Gasteiger partial charge >= 0.3 is 13.6 Å². The van der Waals surface area contributed by atoms with Crippen molar-refractivity contribution in [1.29, 1.82) is 0 Å². The summed E-state index contributed by atoms with van der Waals surface area (Å²) in [4.78, 5) is 40.1. The van der Waals surface area contributed by atoms with Gasteiger partial charge in [-0.05, 0) is 29.7 Å². The second-order valence-electron chi connectivity index (χ2n) is 6.65. The van der Waals surface area contributed by atoms with Gasteiger partial charge in [-0.1, -0.05) is 30.3 Å². The Hall–Kier alpha value is -2.82. The smallest absolute Gasteiger partial charge is 0.346 e. The first-order chi connectivity index (χ1) is 15.8. The molecule has 0 radical (unpaired) electrons. The molecule has 2 rings (SSSR count). The van der Waals surface area contributed by atoms with E-state index in [0.29, 0.717) is 5.56 Å². The Morgan fingerprint density at radius 3 is 2.33 bits per heavy atom. The van der Waals surface area contributed by atoms with Gasteiger partial charge in [-0.3, -0.25) is 24.3 Å². The van der Waals surface area contributed by atoms with E-state index >= 15 is 0 Å². The van der Waals surface area contributed by atoms with Crippen LogP contribution in [0.15, 0.2) is 54.6 Å².